The van der Waals surface area contributed by atoms with Crippen LogP contribution in [0, 0.1) is 0 Å². The lowest BCUT2D eigenvalue weighted by atomic mass is 10.2. The van der Waals surface area contributed by atoms with Crippen molar-refractivity contribution in [1.29, 1.82) is 0 Å². The number of aryl methyl sites for hydroxylation is 1. The monoisotopic (exact) mass is 326 g/mol. The van der Waals surface area contributed by atoms with E-state index >= 15 is 0 Å². The number of aromatic amines is 1. The number of carbonyl (C=O) groups is 1. The van der Waals surface area contributed by atoms with E-state index in [1.165, 1.54) is 0 Å². The third kappa shape index (κ3) is 2.22. The SMILES string of the molecule is CCn1nccc1C(=O)N1CC[C@@H](n2c(=O)[nH]c3cccnc32)C1. The van der Waals surface area contributed by atoms with Gasteiger partial charge < -0.3 is 9.88 Å². The lowest BCUT2D eigenvalue weighted by Crippen LogP contribution is -2.32. The van der Waals surface area contributed by atoms with E-state index in [0.29, 0.717) is 31.0 Å². The van der Waals surface area contributed by atoms with E-state index in [-0.39, 0.29) is 17.6 Å². The van der Waals surface area contributed by atoms with Crippen LogP contribution in [-0.2, 0) is 6.54 Å². The molecule has 8 nitrogen and oxygen atoms in total. The zero-order chi connectivity index (χ0) is 16.7. The number of amides is 1. The molecule has 0 aliphatic carbocycles. The second-order valence-electron chi connectivity index (χ2n) is 5.90. The summed E-state index contributed by atoms with van der Waals surface area (Å²) >= 11 is 0. The summed E-state index contributed by atoms with van der Waals surface area (Å²) < 4.78 is 3.36. The second kappa shape index (κ2) is 5.63. The number of fused-ring (bicyclic) bond motifs is 1. The fraction of sp³-hybridized carbons (Fsp3) is 0.375. The molecule has 4 heterocycles. The van der Waals surface area contributed by atoms with Gasteiger partial charge in [-0.3, -0.25) is 14.0 Å². The van der Waals surface area contributed by atoms with Crippen LogP contribution in [0.4, 0.5) is 0 Å². The van der Waals surface area contributed by atoms with Crippen molar-refractivity contribution in [2.75, 3.05) is 13.1 Å². The Balaban J connectivity index is 1.61. The summed E-state index contributed by atoms with van der Waals surface area (Å²) in [5.41, 5.74) is 1.76. The number of nitrogens with zero attached hydrogens (tertiary/aromatic N) is 5. The number of H-pyrrole nitrogens is 1. The predicted octanol–water partition coefficient (Wildman–Crippen LogP) is 1.03. The van der Waals surface area contributed by atoms with Crippen molar-refractivity contribution in [3.63, 3.8) is 0 Å². The minimum Gasteiger partial charge on any atom is -0.335 e. The van der Waals surface area contributed by atoms with Gasteiger partial charge in [0.1, 0.15) is 5.69 Å². The van der Waals surface area contributed by atoms with E-state index in [9.17, 15) is 9.59 Å². The molecule has 1 amide bonds. The van der Waals surface area contributed by atoms with Crippen LogP contribution < -0.4 is 5.69 Å². The Bertz CT molecular complexity index is 953. The summed E-state index contributed by atoms with van der Waals surface area (Å²) in [7, 11) is 0. The highest BCUT2D eigenvalue weighted by Gasteiger charge is 2.31. The summed E-state index contributed by atoms with van der Waals surface area (Å²) in [6.45, 7) is 3.71. The third-order valence-corrected chi connectivity index (χ3v) is 4.53. The van der Waals surface area contributed by atoms with Gasteiger partial charge in [-0.15, -0.1) is 0 Å². The molecule has 24 heavy (non-hydrogen) atoms. The number of imidazole rings is 1. The first-order valence-electron chi connectivity index (χ1n) is 8.05. The second-order valence-corrected chi connectivity index (χ2v) is 5.90. The molecule has 0 unspecified atom stereocenters. The average molecular weight is 326 g/mol. The standard InChI is InChI=1S/C16H18N6O2/c1-2-21-13(5-8-18-21)15(23)20-9-6-11(10-20)22-14-12(19-16(22)24)4-3-7-17-14/h3-5,7-8,11H,2,6,9-10H2,1H3,(H,19,24)/t11-/m1/s1. The van der Waals surface area contributed by atoms with Crippen molar-refractivity contribution in [1.82, 2.24) is 29.2 Å². The van der Waals surface area contributed by atoms with E-state index < -0.39 is 0 Å². The third-order valence-electron chi connectivity index (χ3n) is 4.53. The highest BCUT2D eigenvalue weighted by atomic mass is 16.2. The molecule has 3 aromatic rings. The van der Waals surface area contributed by atoms with Crippen LogP contribution >= 0.6 is 0 Å². The Kier molecular flexibility index (Phi) is 3.44. The maximum absolute atomic E-state index is 12.7. The Morgan fingerprint density at radius 1 is 1.38 bits per heavy atom. The summed E-state index contributed by atoms with van der Waals surface area (Å²) in [6, 6.07) is 5.29. The molecule has 0 saturated carbocycles. The Labute approximate surface area is 137 Å². The van der Waals surface area contributed by atoms with Gasteiger partial charge in [0.2, 0.25) is 0 Å². The summed E-state index contributed by atoms with van der Waals surface area (Å²) in [5, 5.41) is 4.15. The molecule has 124 valence electrons. The fourth-order valence-corrected chi connectivity index (χ4v) is 3.36. The average Bonchev–Trinajstić information content (AvgIpc) is 3.30. The van der Waals surface area contributed by atoms with E-state index in [1.807, 2.05) is 13.0 Å². The number of carbonyl (C=O) groups excluding carboxylic acids is 1. The molecular formula is C16H18N6O2. The van der Waals surface area contributed by atoms with E-state index in [0.717, 1.165) is 11.9 Å². The molecule has 0 bridgehead atoms. The molecule has 1 aliphatic rings. The molecule has 4 rings (SSSR count). The van der Waals surface area contributed by atoms with E-state index in [2.05, 4.69) is 15.1 Å². The molecule has 1 aliphatic heterocycles. The molecule has 1 atom stereocenters. The smallest absolute Gasteiger partial charge is 0.327 e. The van der Waals surface area contributed by atoms with Gasteiger partial charge in [-0.2, -0.15) is 5.10 Å². The largest absolute Gasteiger partial charge is 0.335 e. The number of pyridine rings is 1. The first-order chi connectivity index (χ1) is 11.7. The van der Waals surface area contributed by atoms with Gasteiger partial charge >= 0.3 is 5.69 Å². The van der Waals surface area contributed by atoms with E-state index in [1.54, 1.807) is 38.7 Å². The molecule has 1 N–H and O–H groups in total. The molecule has 0 radical (unpaired) electrons. The first kappa shape index (κ1) is 14.7. The zero-order valence-corrected chi connectivity index (χ0v) is 13.3. The van der Waals surface area contributed by atoms with Gasteiger partial charge in [-0.25, -0.2) is 9.78 Å². The molecule has 1 fully saturated rings. The number of rotatable bonds is 3. The summed E-state index contributed by atoms with van der Waals surface area (Å²) in [6.07, 6.45) is 4.04. The normalized spacial score (nSPS) is 17.7. The van der Waals surface area contributed by atoms with Crippen molar-refractivity contribution >= 4 is 17.1 Å². The van der Waals surface area contributed by atoms with Crippen LogP contribution in [0.3, 0.4) is 0 Å². The molecule has 8 heteroatoms. The van der Waals surface area contributed by atoms with Gasteiger partial charge in [-0.1, -0.05) is 0 Å². The van der Waals surface area contributed by atoms with Crippen molar-refractivity contribution in [3.05, 3.63) is 46.8 Å². The molecule has 3 aromatic heterocycles. The maximum Gasteiger partial charge on any atom is 0.327 e. The minimum absolute atomic E-state index is 0.0438. The van der Waals surface area contributed by atoms with Crippen molar-refractivity contribution in [3.8, 4) is 0 Å². The van der Waals surface area contributed by atoms with E-state index in [4.69, 9.17) is 0 Å². The number of hydrogen-bond acceptors (Lipinski definition) is 4. The van der Waals surface area contributed by atoms with Crippen molar-refractivity contribution < 1.29 is 4.79 Å². The lowest BCUT2D eigenvalue weighted by Gasteiger charge is -2.17. The molecule has 0 aromatic carbocycles. The number of aromatic nitrogens is 5. The van der Waals surface area contributed by atoms with Crippen LogP contribution in [0.25, 0.3) is 11.2 Å². The number of likely N-dealkylation sites (tertiary alicyclic amines) is 1. The zero-order valence-electron chi connectivity index (χ0n) is 13.3. The Hall–Kier alpha value is -2.90. The first-order valence-corrected chi connectivity index (χ1v) is 8.05. The maximum atomic E-state index is 12.7. The van der Waals surface area contributed by atoms with Gasteiger partial charge in [-0.05, 0) is 31.5 Å². The topological polar surface area (TPSA) is 88.8 Å². The van der Waals surface area contributed by atoms with Crippen molar-refractivity contribution in [2.24, 2.45) is 0 Å². The van der Waals surface area contributed by atoms with Gasteiger partial charge in [0.05, 0.1) is 11.6 Å². The predicted molar refractivity (Wildman–Crippen MR) is 87.8 cm³/mol. The van der Waals surface area contributed by atoms with Gasteiger partial charge in [0.25, 0.3) is 5.91 Å². The van der Waals surface area contributed by atoms with Gasteiger partial charge in [0, 0.05) is 32.0 Å². The fourth-order valence-electron chi connectivity index (χ4n) is 3.36. The summed E-state index contributed by atoms with van der Waals surface area (Å²) in [5.74, 6) is -0.0438. The van der Waals surface area contributed by atoms with Crippen LogP contribution in [0.15, 0.2) is 35.4 Å². The molecular weight excluding hydrogens is 308 g/mol. The highest BCUT2D eigenvalue weighted by molar-refractivity contribution is 5.92. The van der Waals surface area contributed by atoms with Crippen LogP contribution in [0.2, 0.25) is 0 Å². The lowest BCUT2D eigenvalue weighted by molar-refractivity contribution is 0.0775. The molecule has 1 saturated heterocycles. The van der Waals surface area contributed by atoms with Crippen LogP contribution in [0.5, 0.6) is 0 Å². The van der Waals surface area contributed by atoms with Gasteiger partial charge in [0.15, 0.2) is 5.65 Å². The Morgan fingerprint density at radius 3 is 3.08 bits per heavy atom. The number of hydrogen-bond donors (Lipinski definition) is 1. The van der Waals surface area contributed by atoms with Crippen LogP contribution in [0.1, 0.15) is 29.9 Å². The highest BCUT2D eigenvalue weighted by Crippen LogP contribution is 2.24. The van der Waals surface area contributed by atoms with Crippen LogP contribution in [-0.4, -0.2) is 48.2 Å². The summed E-state index contributed by atoms with van der Waals surface area (Å²) in [4.78, 5) is 33.9. The minimum atomic E-state index is -0.179. The Morgan fingerprint density at radius 2 is 2.25 bits per heavy atom. The quantitative estimate of drug-likeness (QED) is 0.778. The molecule has 0 spiro atoms. The number of nitrogens with one attached hydrogen (secondary N) is 1. The van der Waals surface area contributed by atoms with Crippen molar-refractivity contribution in [2.45, 2.75) is 25.9 Å².